The van der Waals surface area contributed by atoms with Crippen LogP contribution in [-0.4, -0.2) is 75.8 Å². The number of aromatic nitrogens is 2. The number of ether oxygens (including phenoxy) is 1. The van der Waals surface area contributed by atoms with Gasteiger partial charge in [0.25, 0.3) is 5.56 Å². The van der Waals surface area contributed by atoms with Crippen molar-refractivity contribution in [1.29, 1.82) is 0 Å². The highest BCUT2D eigenvalue weighted by Gasteiger charge is 2.52. The molecule has 0 aliphatic carbocycles. The zero-order valence-electron chi connectivity index (χ0n) is 13.8. The van der Waals surface area contributed by atoms with Crippen LogP contribution < -0.4 is 20.7 Å². The van der Waals surface area contributed by atoms with Crippen molar-refractivity contribution in [3.05, 3.63) is 16.7 Å². The lowest BCUT2D eigenvalue weighted by Crippen LogP contribution is -3.19. The van der Waals surface area contributed by atoms with Crippen LogP contribution in [0.2, 0.25) is 0 Å². The summed E-state index contributed by atoms with van der Waals surface area (Å²) < 4.78 is 5.71. The first-order valence-corrected chi connectivity index (χ1v) is 8.71. The molecule has 2 fully saturated rings. The van der Waals surface area contributed by atoms with E-state index < -0.39 is 31.1 Å². The van der Waals surface area contributed by atoms with Gasteiger partial charge < -0.3 is 30.4 Å². The number of nitrogens with one attached hydrogen (secondary N) is 3. The van der Waals surface area contributed by atoms with E-state index in [0.29, 0.717) is 11.5 Å². The van der Waals surface area contributed by atoms with E-state index in [-0.39, 0.29) is 11.8 Å². The second-order valence-corrected chi connectivity index (χ2v) is 6.83. The predicted molar refractivity (Wildman–Crippen MR) is 87.1 cm³/mol. The third-order valence-corrected chi connectivity index (χ3v) is 5.31. The molecule has 1 aromatic rings. The number of aliphatic hydroxyl groups excluding tert-OH is 3. The summed E-state index contributed by atoms with van der Waals surface area (Å²) in [4.78, 5) is 21.9. The van der Waals surface area contributed by atoms with Crippen LogP contribution in [0.1, 0.15) is 19.3 Å². The summed E-state index contributed by atoms with van der Waals surface area (Å²) in [6.45, 7) is 1.45. The van der Waals surface area contributed by atoms with Crippen molar-refractivity contribution in [3.63, 3.8) is 0 Å². The fourth-order valence-corrected chi connectivity index (χ4v) is 4.00. The van der Waals surface area contributed by atoms with Crippen molar-refractivity contribution < 1.29 is 25.0 Å². The summed E-state index contributed by atoms with van der Waals surface area (Å²) in [5, 5.41) is 33.1. The monoisotopic (exact) mass is 354 g/mol. The second kappa shape index (κ2) is 6.54. The number of hydrogen-bond acceptors (Lipinski definition) is 8. The van der Waals surface area contributed by atoms with Gasteiger partial charge in [0.05, 0.1) is 26.0 Å². The summed E-state index contributed by atoms with van der Waals surface area (Å²) in [7, 11) is 0. The molecule has 5 atom stereocenters. The minimum Gasteiger partial charge on any atom is -0.394 e. The van der Waals surface area contributed by atoms with E-state index in [0.717, 1.165) is 25.9 Å². The molecule has 3 aliphatic rings. The first-order valence-electron chi connectivity index (χ1n) is 8.71. The summed E-state index contributed by atoms with van der Waals surface area (Å²) in [6.07, 6.45) is 0.152. The maximum Gasteiger partial charge on any atom is 0.276 e. The maximum atomic E-state index is 12.2. The average Bonchev–Trinajstić information content (AvgIpc) is 3.15. The molecule has 0 unspecified atom stereocenters. The van der Waals surface area contributed by atoms with E-state index in [2.05, 4.69) is 15.3 Å². The van der Waals surface area contributed by atoms with E-state index in [9.17, 15) is 20.1 Å². The Morgan fingerprint density at radius 2 is 2.04 bits per heavy atom. The van der Waals surface area contributed by atoms with Gasteiger partial charge in [-0.1, -0.05) is 0 Å². The van der Waals surface area contributed by atoms with E-state index >= 15 is 0 Å². The Balaban J connectivity index is 1.71. The highest BCUT2D eigenvalue weighted by Crippen LogP contribution is 2.34. The Morgan fingerprint density at radius 1 is 1.28 bits per heavy atom. The fraction of sp³-hybridized carbons (Fsp3) is 0.733. The van der Waals surface area contributed by atoms with Crippen molar-refractivity contribution >= 4 is 11.5 Å². The molecule has 1 aromatic heterocycles. The zero-order valence-corrected chi connectivity index (χ0v) is 13.8. The molecule has 4 heterocycles. The molecule has 0 radical (unpaired) electrons. The third-order valence-electron chi connectivity index (χ3n) is 5.31. The SMILES string of the molecule is O=c1[nH]cnc2c1N[C@H]([NH+]1CCCCC1)N2[C@H]1O[C@@H](CO)[C@@H](O)[C@H]1O. The van der Waals surface area contributed by atoms with Gasteiger partial charge in [0.2, 0.25) is 6.29 Å². The molecule has 2 saturated heterocycles. The number of anilines is 2. The Morgan fingerprint density at radius 3 is 2.72 bits per heavy atom. The molecular formula is C15H24N5O5+. The normalized spacial score (nSPS) is 35.6. The van der Waals surface area contributed by atoms with Crippen LogP contribution in [0, 0.1) is 0 Å². The summed E-state index contributed by atoms with van der Waals surface area (Å²) >= 11 is 0. The molecule has 4 rings (SSSR count). The number of fused-ring (bicyclic) bond motifs is 1. The van der Waals surface area contributed by atoms with Crippen LogP contribution in [-0.2, 0) is 4.74 Å². The smallest absolute Gasteiger partial charge is 0.276 e. The van der Waals surface area contributed by atoms with Crippen LogP contribution in [0.4, 0.5) is 11.5 Å². The van der Waals surface area contributed by atoms with Crippen molar-refractivity contribution in [2.45, 2.75) is 50.1 Å². The van der Waals surface area contributed by atoms with Gasteiger partial charge in [0.15, 0.2) is 12.0 Å². The van der Waals surface area contributed by atoms with Crippen LogP contribution >= 0.6 is 0 Å². The number of hydrogen-bond donors (Lipinski definition) is 6. The van der Waals surface area contributed by atoms with E-state index in [1.807, 2.05) is 0 Å². The standard InChI is InChI=1S/C15H23N5O5/c21-6-8-10(22)11(23)14(25-8)20-12-9(13(24)17-7-16-12)18-15(20)19-4-2-1-3-5-19/h7-8,10-11,14-15,18,21-23H,1-6H2,(H,16,17,24)/p+1/t8-,10+,11+,14-,15+/m0/s1. The first-order chi connectivity index (χ1) is 12.1. The minimum atomic E-state index is -1.21. The summed E-state index contributed by atoms with van der Waals surface area (Å²) in [5.74, 6) is 0.390. The fourth-order valence-electron chi connectivity index (χ4n) is 4.00. The molecule has 138 valence electrons. The van der Waals surface area contributed by atoms with Gasteiger partial charge in [-0.2, -0.15) is 0 Å². The van der Waals surface area contributed by atoms with Gasteiger partial charge in [-0.15, -0.1) is 0 Å². The van der Waals surface area contributed by atoms with Gasteiger partial charge >= 0.3 is 0 Å². The molecule has 0 saturated carbocycles. The highest BCUT2D eigenvalue weighted by atomic mass is 16.6. The highest BCUT2D eigenvalue weighted by molar-refractivity contribution is 5.70. The molecule has 10 heteroatoms. The van der Waals surface area contributed by atoms with Gasteiger partial charge in [-0.05, 0) is 19.3 Å². The van der Waals surface area contributed by atoms with E-state index in [4.69, 9.17) is 4.74 Å². The first kappa shape index (κ1) is 16.7. The topological polar surface area (TPSA) is 135 Å². The quantitative estimate of drug-likeness (QED) is 0.334. The number of aliphatic hydroxyl groups is 3. The van der Waals surface area contributed by atoms with Crippen molar-refractivity contribution in [2.24, 2.45) is 0 Å². The lowest BCUT2D eigenvalue weighted by atomic mass is 10.1. The van der Waals surface area contributed by atoms with Gasteiger partial charge in [-0.25, -0.2) is 4.98 Å². The lowest BCUT2D eigenvalue weighted by Gasteiger charge is -2.37. The van der Waals surface area contributed by atoms with Crippen molar-refractivity contribution in [1.82, 2.24) is 9.97 Å². The van der Waals surface area contributed by atoms with Crippen LogP contribution in [0.15, 0.2) is 11.1 Å². The third kappa shape index (κ3) is 2.70. The Labute approximate surface area is 144 Å². The summed E-state index contributed by atoms with van der Waals surface area (Å²) in [5.41, 5.74) is 0.0453. The van der Waals surface area contributed by atoms with Gasteiger partial charge in [-0.3, -0.25) is 14.6 Å². The molecule has 3 aliphatic heterocycles. The number of quaternary nitrogens is 1. The Hall–Kier alpha value is -1.72. The van der Waals surface area contributed by atoms with Gasteiger partial charge in [0.1, 0.15) is 24.0 Å². The number of likely N-dealkylation sites (tertiary alicyclic amines) is 1. The molecule has 0 bridgehead atoms. The van der Waals surface area contributed by atoms with E-state index in [1.165, 1.54) is 17.6 Å². The molecule has 0 aromatic carbocycles. The number of aromatic amines is 1. The van der Waals surface area contributed by atoms with Crippen molar-refractivity contribution in [2.75, 3.05) is 29.9 Å². The molecule has 0 amide bonds. The molecule has 10 nitrogen and oxygen atoms in total. The molecule has 0 spiro atoms. The minimum absolute atomic E-state index is 0.291. The molecule has 25 heavy (non-hydrogen) atoms. The number of piperidine rings is 1. The zero-order chi connectivity index (χ0) is 17.6. The van der Waals surface area contributed by atoms with Crippen LogP contribution in [0.25, 0.3) is 0 Å². The number of H-pyrrole nitrogens is 1. The lowest BCUT2D eigenvalue weighted by molar-refractivity contribution is -0.925. The number of rotatable bonds is 3. The van der Waals surface area contributed by atoms with Gasteiger partial charge in [0, 0.05) is 0 Å². The molecular weight excluding hydrogens is 330 g/mol. The second-order valence-electron chi connectivity index (χ2n) is 6.83. The Kier molecular flexibility index (Phi) is 4.38. The Bertz CT molecular complexity index is 679. The average molecular weight is 354 g/mol. The maximum absolute atomic E-state index is 12.2. The van der Waals surface area contributed by atoms with E-state index in [1.54, 1.807) is 4.90 Å². The molecule has 6 N–H and O–H groups in total. The summed E-state index contributed by atoms with van der Waals surface area (Å²) in [6, 6.07) is 0. The predicted octanol–water partition coefficient (Wildman–Crippen LogP) is -3.21. The van der Waals surface area contributed by atoms with Crippen LogP contribution in [0.5, 0.6) is 0 Å². The van der Waals surface area contributed by atoms with Crippen molar-refractivity contribution in [3.8, 4) is 0 Å². The number of nitrogens with zero attached hydrogens (tertiary/aromatic N) is 2. The van der Waals surface area contributed by atoms with Crippen LogP contribution in [0.3, 0.4) is 0 Å². The largest absolute Gasteiger partial charge is 0.394 e.